The highest BCUT2D eigenvalue weighted by molar-refractivity contribution is 7.88. The molecule has 7 nitrogen and oxygen atoms in total. The van der Waals surface area contributed by atoms with Crippen molar-refractivity contribution in [3.63, 3.8) is 0 Å². The highest BCUT2D eigenvalue weighted by Gasteiger charge is 2.22. The van der Waals surface area contributed by atoms with Crippen molar-refractivity contribution in [2.75, 3.05) is 19.6 Å². The third kappa shape index (κ3) is 5.56. The normalized spacial score (nSPS) is 17.8. The fourth-order valence-electron chi connectivity index (χ4n) is 2.93. The van der Waals surface area contributed by atoms with Gasteiger partial charge < -0.3 is 4.90 Å². The van der Waals surface area contributed by atoms with Gasteiger partial charge in [0.15, 0.2) is 0 Å². The first kappa shape index (κ1) is 17.8. The first-order valence-electron chi connectivity index (χ1n) is 7.82. The minimum atomic E-state index is -3.62. The van der Waals surface area contributed by atoms with Gasteiger partial charge in [-0.1, -0.05) is 24.6 Å². The average Bonchev–Trinajstić information content (AvgIpc) is 2.47. The Morgan fingerprint density at radius 2 is 1.91 bits per heavy atom. The second-order valence-electron chi connectivity index (χ2n) is 6.03. The molecule has 0 aliphatic carbocycles. The molecule has 1 aliphatic heterocycles. The summed E-state index contributed by atoms with van der Waals surface area (Å²) in [5, 5.41) is 11.0. The van der Waals surface area contributed by atoms with Crippen LogP contribution in [0.25, 0.3) is 0 Å². The van der Waals surface area contributed by atoms with Gasteiger partial charge in [-0.25, -0.2) is 13.1 Å². The molecule has 1 aromatic rings. The highest BCUT2D eigenvalue weighted by atomic mass is 32.2. The van der Waals surface area contributed by atoms with E-state index in [1.54, 1.807) is 6.07 Å². The number of benzene rings is 1. The summed E-state index contributed by atoms with van der Waals surface area (Å²) in [6.07, 6.45) is 3.53. The minimum absolute atomic E-state index is 0.165. The van der Waals surface area contributed by atoms with E-state index in [0.29, 0.717) is 6.54 Å². The van der Waals surface area contributed by atoms with Crippen molar-refractivity contribution in [3.05, 3.63) is 39.9 Å². The zero-order valence-corrected chi connectivity index (χ0v) is 14.1. The van der Waals surface area contributed by atoms with Gasteiger partial charge in [-0.05, 0) is 32.9 Å². The number of para-hydroxylation sites is 1. The molecule has 23 heavy (non-hydrogen) atoms. The monoisotopic (exact) mass is 341 g/mol. The van der Waals surface area contributed by atoms with Crippen molar-refractivity contribution in [1.29, 1.82) is 0 Å². The van der Waals surface area contributed by atoms with E-state index >= 15 is 0 Å². The molecule has 1 heterocycles. The largest absolute Gasteiger partial charge is 0.302 e. The highest BCUT2D eigenvalue weighted by Crippen LogP contribution is 2.20. The van der Waals surface area contributed by atoms with Crippen molar-refractivity contribution < 1.29 is 13.3 Å². The molecular weight excluding hydrogens is 318 g/mol. The number of nitrogens with one attached hydrogen (secondary N) is 1. The Kier molecular flexibility index (Phi) is 6.09. The van der Waals surface area contributed by atoms with Crippen LogP contribution in [0.15, 0.2) is 24.3 Å². The molecule has 0 saturated carbocycles. The van der Waals surface area contributed by atoms with Gasteiger partial charge in [-0.15, -0.1) is 0 Å². The maximum Gasteiger partial charge on any atom is 0.273 e. The average molecular weight is 341 g/mol. The molecule has 1 fully saturated rings. The molecule has 0 spiro atoms. The predicted molar refractivity (Wildman–Crippen MR) is 88.6 cm³/mol. The van der Waals surface area contributed by atoms with Gasteiger partial charge in [0.25, 0.3) is 5.69 Å². The number of piperidine rings is 1. The topological polar surface area (TPSA) is 92.6 Å². The number of nitro groups is 1. The molecule has 128 valence electrons. The van der Waals surface area contributed by atoms with E-state index in [2.05, 4.69) is 9.62 Å². The zero-order chi connectivity index (χ0) is 16.9. The van der Waals surface area contributed by atoms with Gasteiger partial charge in [0.05, 0.1) is 10.7 Å². The zero-order valence-electron chi connectivity index (χ0n) is 13.3. The van der Waals surface area contributed by atoms with Gasteiger partial charge in [0.2, 0.25) is 10.0 Å². The van der Waals surface area contributed by atoms with Crippen molar-refractivity contribution in [2.24, 2.45) is 0 Å². The van der Waals surface area contributed by atoms with Crippen LogP contribution in [0.3, 0.4) is 0 Å². The SMILES string of the molecule is CC(CN1CCCCC1)NS(=O)(=O)Cc1ccccc1[N+](=O)[O-]. The number of hydrogen-bond donors (Lipinski definition) is 1. The van der Waals surface area contributed by atoms with Crippen LogP contribution in [0.4, 0.5) is 5.69 Å². The molecule has 2 rings (SSSR count). The maximum absolute atomic E-state index is 12.3. The number of hydrogen-bond acceptors (Lipinski definition) is 5. The van der Waals surface area contributed by atoms with Crippen LogP contribution in [0.2, 0.25) is 0 Å². The number of likely N-dealkylation sites (tertiary alicyclic amines) is 1. The van der Waals surface area contributed by atoms with Crippen molar-refractivity contribution >= 4 is 15.7 Å². The molecule has 1 aromatic carbocycles. The quantitative estimate of drug-likeness (QED) is 0.604. The number of sulfonamides is 1. The van der Waals surface area contributed by atoms with Crippen molar-refractivity contribution in [2.45, 2.75) is 38.0 Å². The molecule has 1 saturated heterocycles. The molecule has 0 aromatic heterocycles. The summed E-state index contributed by atoms with van der Waals surface area (Å²) in [6.45, 7) is 4.48. The molecule has 0 amide bonds. The van der Waals surface area contributed by atoms with Gasteiger partial charge >= 0.3 is 0 Å². The Morgan fingerprint density at radius 1 is 1.26 bits per heavy atom. The fourth-order valence-corrected chi connectivity index (χ4v) is 4.35. The molecule has 1 aliphatic rings. The van der Waals surface area contributed by atoms with Crippen LogP contribution in [0.1, 0.15) is 31.7 Å². The van der Waals surface area contributed by atoms with Crippen LogP contribution in [-0.2, 0) is 15.8 Å². The molecule has 1 N–H and O–H groups in total. The minimum Gasteiger partial charge on any atom is -0.302 e. The van der Waals surface area contributed by atoms with Gasteiger partial charge in [0.1, 0.15) is 0 Å². The van der Waals surface area contributed by atoms with E-state index in [1.165, 1.54) is 24.6 Å². The maximum atomic E-state index is 12.3. The van der Waals surface area contributed by atoms with Gasteiger partial charge in [-0.2, -0.15) is 0 Å². The summed E-state index contributed by atoms with van der Waals surface area (Å²) in [4.78, 5) is 12.7. The summed E-state index contributed by atoms with van der Waals surface area (Å²) in [7, 11) is -3.62. The van der Waals surface area contributed by atoms with Crippen molar-refractivity contribution in [3.8, 4) is 0 Å². The number of nitro benzene ring substituents is 1. The second-order valence-corrected chi connectivity index (χ2v) is 7.78. The number of rotatable bonds is 7. The van der Waals surface area contributed by atoms with Crippen LogP contribution in [-0.4, -0.2) is 43.9 Å². The van der Waals surface area contributed by atoms with Crippen LogP contribution in [0.5, 0.6) is 0 Å². The summed E-state index contributed by atoms with van der Waals surface area (Å²) in [5.41, 5.74) is 0.0386. The van der Waals surface area contributed by atoms with Crippen LogP contribution >= 0.6 is 0 Å². The summed E-state index contributed by atoms with van der Waals surface area (Å²) >= 11 is 0. The predicted octanol–water partition coefficient (Wildman–Crippen LogP) is 1.89. The third-order valence-electron chi connectivity index (χ3n) is 3.90. The van der Waals surface area contributed by atoms with E-state index < -0.39 is 14.9 Å². The standard InChI is InChI=1S/C15H23N3O4S/c1-13(11-17-9-5-2-6-10-17)16-23(21,22)12-14-7-3-4-8-15(14)18(19)20/h3-4,7-8,13,16H,2,5-6,9-12H2,1H3. The van der Waals surface area contributed by atoms with Crippen LogP contribution in [0, 0.1) is 10.1 Å². The summed E-state index contributed by atoms with van der Waals surface area (Å²) in [5.74, 6) is -0.380. The van der Waals surface area contributed by atoms with Gasteiger partial charge in [0, 0.05) is 24.2 Å². The van der Waals surface area contributed by atoms with E-state index in [0.717, 1.165) is 25.9 Å². The van der Waals surface area contributed by atoms with E-state index in [9.17, 15) is 18.5 Å². The lowest BCUT2D eigenvalue weighted by Gasteiger charge is -2.29. The Bertz CT molecular complexity index is 642. The lowest BCUT2D eigenvalue weighted by atomic mass is 10.1. The Labute approximate surface area is 136 Å². The van der Waals surface area contributed by atoms with Gasteiger partial charge in [-0.3, -0.25) is 10.1 Å². The second kappa shape index (κ2) is 7.85. The molecule has 1 atom stereocenters. The Balaban J connectivity index is 1.97. The van der Waals surface area contributed by atoms with Crippen LogP contribution < -0.4 is 4.72 Å². The van der Waals surface area contributed by atoms with Crippen molar-refractivity contribution in [1.82, 2.24) is 9.62 Å². The lowest BCUT2D eigenvalue weighted by Crippen LogP contribution is -2.43. The first-order chi connectivity index (χ1) is 10.9. The molecule has 1 unspecified atom stereocenters. The summed E-state index contributed by atoms with van der Waals surface area (Å²) in [6, 6.07) is 5.71. The summed E-state index contributed by atoms with van der Waals surface area (Å²) < 4.78 is 27.2. The fraction of sp³-hybridized carbons (Fsp3) is 0.600. The Morgan fingerprint density at radius 3 is 2.57 bits per heavy atom. The Hall–Kier alpha value is -1.51. The first-order valence-corrected chi connectivity index (χ1v) is 9.47. The molecule has 0 radical (unpaired) electrons. The smallest absolute Gasteiger partial charge is 0.273 e. The van der Waals surface area contributed by atoms with E-state index in [1.807, 2.05) is 6.92 Å². The third-order valence-corrected chi connectivity index (χ3v) is 5.35. The molecular formula is C15H23N3O4S. The molecule has 0 bridgehead atoms. The van der Waals surface area contributed by atoms with E-state index in [4.69, 9.17) is 0 Å². The van der Waals surface area contributed by atoms with E-state index in [-0.39, 0.29) is 23.0 Å². The number of nitrogens with zero attached hydrogens (tertiary/aromatic N) is 2. The lowest BCUT2D eigenvalue weighted by molar-refractivity contribution is -0.385. The molecule has 8 heteroatoms.